The maximum atomic E-state index is 11.2. The zero-order valence-corrected chi connectivity index (χ0v) is 12.9. The number of methoxy groups -OCH3 is 1. The van der Waals surface area contributed by atoms with Gasteiger partial charge in [0.1, 0.15) is 11.6 Å². The average molecular weight is 318 g/mol. The smallest absolute Gasteiger partial charge is 0.250 e. The Hall–Kier alpha value is -2.27. The molecule has 0 radical (unpaired) electrons. The molecule has 114 valence electrons. The summed E-state index contributed by atoms with van der Waals surface area (Å²) in [7, 11) is 1.66. The van der Waals surface area contributed by atoms with Gasteiger partial charge < -0.3 is 15.4 Å². The summed E-state index contributed by atoms with van der Waals surface area (Å²) >= 11 is 6.26. The summed E-state index contributed by atoms with van der Waals surface area (Å²) in [5.41, 5.74) is 8.06. The van der Waals surface area contributed by atoms with Crippen molar-refractivity contribution < 1.29 is 9.53 Å². The Morgan fingerprint density at radius 1 is 1.36 bits per heavy atom. The molecule has 6 heteroatoms. The number of nitrogens with two attached hydrogens (primary N) is 1. The Balaban J connectivity index is 1.89. The molecular formula is C16H16ClN3O2. The van der Waals surface area contributed by atoms with Crippen molar-refractivity contribution in [3.63, 3.8) is 0 Å². The topological polar surface area (TPSA) is 68.4 Å². The van der Waals surface area contributed by atoms with Crippen molar-refractivity contribution in [2.45, 2.75) is 13.0 Å². The molecule has 1 aliphatic heterocycles. The number of aromatic nitrogens is 1. The van der Waals surface area contributed by atoms with Crippen molar-refractivity contribution in [2.24, 2.45) is 5.73 Å². The largest absolute Gasteiger partial charge is 0.497 e. The number of primary amides is 1. The molecule has 3 rings (SSSR count). The van der Waals surface area contributed by atoms with Crippen LogP contribution in [-0.4, -0.2) is 24.5 Å². The lowest BCUT2D eigenvalue weighted by Gasteiger charge is -2.30. The van der Waals surface area contributed by atoms with E-state index in [0.717, 1.165) is 18.7 Å². The third-order valence-corrected chi connectivity index (χ3v) is 4.11. The van der Waals surface area contributed by atoms with Gasteiger partial charge in [-0.1, -0.05) is 17.7 Å². The molecule has 2 aromatic rings. The van der Waals surface area contributed by atoms with Gasteiger partial charge in [-0.15, -0.1) is 0 Å². The zero-order valence-electron chi connectivity index (χ0n) is 12.2. The summed E-state index contributed by atoms with van der Waals surface area (Å²) in [6, 6.07) is 7.67. The third-order valence-electron chi connectivity index (χ3n) is 3.83. The summed E-state index contributed by atoms with van der Waals surface area (Å²) in [5, 5.41) is 0.433. The van der Waals surface area contributed by atoms with Gasteiger partial charge in [0.15, 0.2) is 0 Å². The summed E-state index contributed by atoms with van der Waals surface area (Å²) in [5.74, 6) is 0.971. The maximum Gasteiger partial charge on any atom is 0.250 e. The molecule has 0 saturated heterocycles. The van der Waals surface area contributed by atoms with Gasteiger partial charge in [-0.3, -0.25) is 4.79 Å². The van der Waals surface area contributed by atoms with E-state index in [9.17, 15) is 4.79 Å². The number of ether oxygens (including phenoxy) is 1. The van der Waals surface area contributed by atoms with Gasteiger partial charge in [0.25, 0.3) is 0 Å². The molecule has 5 nitrogen and oxygen atoms in total. The number of carbonyl (C=O) groups excluding carboxylic acids is 1. The first-order valence-corrected chi connectivity index (χ1v) is 7.32. The van der Waals surface area contributed by atoms with E-state index in [1.54, 1.807) is 13.2 Å². The second-order valence-corrected chi connectivity index (χ2v) is 5.61. The van der Waals surface area contributed by atoms with E-state index in [1.807, 2.05) is 12.1 Å². The first kappa shape index (κ1) is 14.7. The predicted molar refractivity (Wildman–Crippen MR) is 85.5 cm³/mol. The highest BCUT2D eigenvalue weighted by atomic mass is 35.5. The van der Waals surface area contributed by atoms with Gasteiger partial charge in [0.05, 0.1) is 17.7 Å². The fraction of sp³-hybridized carbons (Fsp3) is 0.250. The van der Waals surface area contributed by atoms with Crippen LogP contribution in [0.25, 0.3) is 0 Å². The number of pyridine rings is 1. The fourth-order valence-electron chi connectivity index (χ4n) is 2.64. The van der Waals surface area contributed by atoms with Crippen LogP contribution in [0.15, 0.2) is 30.5 Å². The standard InChI is InChI=1S/C16H16ClN3O2/c1-22-13-3-2-10-4-5-20(9-12(10)6-13)16-14(17)7-11(8-19-16)15(18)21/h2-3,6-8H,4-5,9H2,1H3,(H2,18,21). The van der Waals surface area contributed by atoms with Crippen molar-refractivity contribution in [2.75, 3.05) is 18.6 Å². The average Bonchev–Trinajstić information content (AvgIpc) is 2.53. The van der Waals surface area contributed by atoms with Crippen LogP contribution >= 0.6 is 11.6 Å². The molecule has 0 saturated carbocycles. The van der Waals surface area contributed by atoms with Crippen LogP contribution < -0.4 is 15.4 Å². The highest BCUT2D eigenvalue weighted by Crippen LogP contribution is 2.30. The number of carbonyl (C=O) groups is 1. The Kier molecular flexibility index (Phi) is 3.90. The first-order valence-electron chi connectivity index (χ1n) is 6.94. The monoisotopic (exact) mass is 317 g/mol. The lowest BCUT2D eigenvalue weighted by atomic mass is 9.99. The molecule has 0 unspecified atom stereocenters. The van der Waals surface area contributed by atoms with Gasteiger partial charge in [0.2, 0.25) is 5.91 Å². The number of hydrogen-bond acceptors (Lipinski definition) is 4. The van der Waals surface area contributed by atoms with Gasteiger partial charge in [-0.05, 0) is 35.7 Å². The Labute approximate surface area is 133 Å². The van der Waals surface area contributed by atoms with Crippen molar-refractivity contribution in [3.8, 4) is 5.75 Å². The number of benzene rings is 1. The molecule has 0 bridgehead atoms. The van der Waals surface area contributed by atoms with E-state index < -0.39 is 5.91 Å². The van der Waals surface area contributed by atoms with Crippen LogP contribution in [0.5, 0.6) is 5.75 Å². The number of fused-ring (bicyclic) bond motifs is 1. The summed E-state index contributed by atoms with van der Waals surface area (Å²) < 4.78 is 5.28. The zero-order chi connectivity index (χ0) is 15.7. The molecular weight excluding hydrogens is 302 g/mol. The number of anilines is 1. The van der Waals surface area contributed by atoms with Crippen LogP contribution in [0, 0.1) is 0 Å². The molecule has 1 aromatic carbocycles. The lowest BCUT2D eigenvalue weighted by molar-refractivity contribution is 0.1000. The highest BCUT2D eigenvalue weighted by molar-refractivity contribution is 6.33. The molecule has 22 heavy (non-hydrogen) atoms. The molecule has 1 aliphatic rings. The Morgan fingerprint density at radius 3 is 2.86 bits per heavy atom. The summed E-state index contributed by atoms with van der Waals surface area (Å²) in [4.78, 5) is 17.6. The summed E-state index contributed by atoms with van der Waals surface area (Å²) in [6.07, 6.45) is 2.37. The number of halogens is 1. The van der Waals surface area contributed by atoms with E-state index in [2.05, 4.69) is 16.0 Å². The van der Waals surface area contributed by atoms with Gasteiger partial charge in [-0.2, -0.15) is 0 Å². The quantitative estimate of drug-likeness (QED) is 0.944. The van der Waals surface area contributed by atoms with E-state index in [4.69, 9.17) is 22.1 Å². The second kappa shape index (κ2) is 5.85. The van der Waals surface area contributed by atoms with E-state index in [1.165, 1.54) is 17.3 Å². The molecule has 0 spiro atoms. The van der Waals surface area contributed by atoms with Crippen LogP contribution in [0.1, 0.15) is 21.5 Å². The second-order valence-electron chi connectivity index (χ2n) is 5.20. The molecule has 1 amide bonds. The van der Waals surface area contributed by atoms with E-state index in [-0.39, 0.29) is 0 Å². The SMILES string of the molecule is COc1ccc2c(c1)CN(c1ncc(C(N)=O)cc1Cl)CC2. The maximum absolute atomic E-state index is 11.2. The highest BCUT2D eigenvalue weighted by Gasteiger charge is 2.20. The van der Waals surface area contributed by atoms with Crippen molar-refractivity contribution in [1.82, 2.24) is 4.98 Å². The minimum atomic E-state index is -0.533. The normalized spacial score (nSPS) is 13.6. The minimum absolute atomic E-state index is 0.313. The first-order chi connectivity index (χ1) is 10.6. The minimum Gasteiger partial charge on any atom is -0.497 e. The molecule has 0 atom stereocenters. The van der Waals surface area contributed by atoms with Crippen LogP contribution in [-0.2, 0) is 13.0 Å². The fourth-order valence-corrected chi connectivity index (χ4v) is 2.93. The Morgan fingerprint density at radius 2 is 2.18 bits per heavy atom. The molecule has 2 N–H and O–H groups in total. The molecule has 2 heterocycles. The van der Waals surface area contributed by atoms with Gasteiger partial charge in [0, 0.05) is 19.3 Å². The number of hydrogen-bond donors (Lipinski definition) is 1. The third kappa shape index (κ3) is 2.72. The van der Waals surface area contributed by atoms with Crippen molar-refractivity contribution >= 4 is 23.3 Å². The summed E-state index contributed by atoms with van der Waals surface area (Å²) in [6.45, 7) is 1.52. The number of rotatable bonds is 3. The van der Waals surface area contributed by atoms with E-state index >= 15 is 0 Å². The van der Waals surface area contributed by atoms with Crippen molar-refractivity contribution in [1.29, 1.82) is 0 Å². The van der Waals surface area contributed by atoms with Gasteiger partial charge >= 0.3 is 0 Å². The van der Waals surface area contributed by atoms with Gasteiger partial charge in [-0.25, -0.2) is 4.98 Å². The van der Waals surface area contributed by atoms with E-state index in [0.29, 0.717) is 22.9 Å². The van der Waals surface area contributed by atoms with Crippen LogP contribution in [0.3, 0.4) is 0 Å². The Bertz CT molecular complexity index is 733. The number of nitrogens with zero attached hydrogens (tertiary/aromatic N) is 2. The van der Waals surface area contributed by atoms with Crippen LogP contribution in [0.4, 0.5) is 5.82 Å². The predicted octanol–water partition coefficient (Wildman–Crippen LogP) is 2.41. The molecule has 0 aliphatic carbocycles. The van der Waals surface area contributed by atoms with Crippen molar-refractivity contribution in [3.05, 3.63) is 52.2 Å². The number of amides is 1. The van der Waals surface area contributed by atoms with Crippen LogP contribution in [0.2, 0.25) is 5.02 Å². The lowest BCUT2D eigenvalue weighted by Crippen LogP contribution is -2.31. The molecule has 0 fully saturated rings. The molecule has 1 aromatic heterocycles.